The molecule has 1 unspecified atom stereocenters. The lowest BCUT2D eigenvalue weighted by atomic mass is 9.87. The van der Waals surface area contributed by atoms with Crippen LogP contribution in [-0.4, -0.2) is 23.5 Å². The molecule has 0 saturated heterocycles. The summed E-state index contributed by atoms with van der Waals surface area (Å²) in [6, 6.07) is 4.87. The van der Waals surface area contributed by atoms with Crippen molar-refractivity contribution < 1.29 is 14.7 Å². The average Bonchev–Trinajstić information content (AvgIpc) is 2.34. The van der Waals surface area contributed by atoms with E-state index in [1.165, 1.54) is 0 Å². The van der Waals surface area contributed by atoms with Crippen LogP contribution in [0.5, 0.6) is 0 Å². The molecule has 19 heavy (non-hydrogen) atoms. The number of carbonyl (C=O) groups excluding carboxylic acids is 1. The van der Waals surface area contributed by atoms with Crippen LogP contribution >= 0.6 is 15.9 Å². The van der Waals surface area contributed by atoms with Crippen molar-refractivity contribution in [1.29, 1.82) is 0 Å². The zero-order chi connectivity index (χ0) is 14.6. The van der Waals surface area contributed by atoms with Crippen LogP contribution in [0.4, 0.5) is 5.69 Å². The van der Waals surface area contributed by atoms with Crippen molar-refractivity contribution in [2.45, 2.75) is 20.3 Å². The quantitative estimate of drug-likeness (QED) is 0.723. The molecule has 1 rings (SSSR count). The zero-order valence-electron chi connectivity index (χ0n) is 10.9. The third-order valence-corrected chi connectivity index (χ3v) is 3.58. The molecule has 0 aliphatic carbocycles. The van der Waals surface area contributed by atoms with Gasteiger partial charge in [0.05, 0.1) is 5.41 Å². The summed E-state index contributed by atoms with van der Waals surface area (Å²) >= 11 is 3.25. The largest absolute Gasteiger partial charge is 0.481 e. The number of nitrogens with one attached hydrogen (secondary N) is 1. The van der Waals surface area contributed by atoms with Gasteiger partial charge in [0.2, 0.25) is 0 Å². The number of carboxylic acid groups (broad SMARTS) is 1. The van der Waals surface area contributed by atoms with E-state index in [1.807, 2.05) is 0 Å². The van der Waals surface area contributed by atoms with Gasteiger partial charge in [-0.15, -0.1) is 0 Å². The van der Waals surface area contributed by atoms with Crippen molar-refractivity contribution in [3.05, 3.63) is 28.2 Å². The predicted octanol–water partition coefficient (Wildman–Crippen LogP) is 2.26. The number of hydrogen-bond donors (Lipinski definition) is 3. The van der Waals surface area contributed by atoms with Gasteiger partial charge in [-0.05, 0) is 31.5 Å². The molecule has 1 amide bonds. The first-order valence-electron chi connectivity index (χ1n) is 5.86. The maximum Gasteiger partial charge on any atom is 0.311 e. The van der Waals surface area contributed by atoms with Crippen molar-refractivity contribution in [2.24, 2.45) is 5.41 Å². The van der Waals surface area contributed by atoms with E-state index >= 15 is 0 Å². The summed E-state index contributed by atoms with van der Waals surface area (Å²) in [6.45, 7) is 3.45. The summed E-state index contributed by atoms with van der Waals surface area (Å²) in [6.07, 6.45) is 0.434. The summed E-state index contributed by atoms with van der Waals surface area (Å²) in [5.74, 6) is -1.27. The highest BCUT2D eigenvalue weighted by Gasteiger charge is 2.31. The number of benzene rings is 1. The van der Waals surface area contributed by atoms with Crippen LogP contribution < -0.4 is 11.1 Å². The van der Waals surface area contributed by atoms with Gasteiger partial charge in [-0.1, -0.05) is 22.9 Å². The molecule has 0 aromatic heterocycles. The fourth-order valence-electron chi connectivity index (χ4n) is 1.47. The first-order chi connectivity index (χ1) is 8.78. The predicted molar refractivity (Wildman–Crippen MR) is 76.9 cm³/mol. The molecular weight excluding hydrogens is 312 g/mol. The minimum atomic E-state index is -0.965. The van der Waals surface area contributed by atoms with Crippen LogP contribution in [-0.2, 0) is 4.79 Å². The van der Waals surface area contributed by atoms with E-state index in [9.17, 15) is 9.59 Å². The highest BCUT2D eigenvalue weighted by Crippen LogP contribution is 2.21. The number of carboxylic acids is 1. The average molecular weight is 329 g/mol. The Labute approximate surface area is 120 Å². The van der Waals surface area contributed by atoms with Gasteiger partial charge in [-0.25, -0.2) is 0 Å². The molecule has 0 spiro atoms. The topological polar surface area (TPSA) is 92.4 Å². The summed E-state index contributed by atoms with van der Waals surface area (Å²) in [5.41, 5.74) is 5.55. The van der Waals surface area contributed by atoms with Gasteiger partial charge in [0.15, 0.2) is 0 Å². The van der Waals surface area contributed by atoms with Crippen LogP contribution in [0.1, 0.15) is 30.6 Å². The number of amides is 1. The molecule has 1 atom stereocenters. The normalized spacial score (nSPS) is 13.6. The third-order valence-electron chi connectivity index (χ3n) is 3.12. The van der Waals surface area contributed by atoms with Crippen LogP contribution in [0.25, 0.3) is 0 Å². The Morgan fingerprint density at radius 2 is 2.05 bits per heavy atom. The van der Waals surface area contributed by atoms with Crippen LogP contribution in [0, 0.1) is 5.41 Å². The molecule has 6 heteroatoms. The van der Waals surface area contributed by atoms with Crippen LogP contribution in [0.15, 0.2) is 22.7 Å². The minimum absolute atomic E-state index is 0.0735. The number of halogens is 1. The summed E-state index contributed by atoms with van der Waals surface area (Å²) in [4.78, 5) is 23.1. The fourth-order valence-corrected chi connectivity index (χ4v) is 1.98. The van der Waals surface area contributed by atoms with Crippen LogP contribution in [0.2, 0.25) is 0 Å². The Balaban J connectivity index is 2.78. The third kappa shape index (κ3) is 3.96. The lowest BCUT2D eigenvalue weighted by molar-refractivity contribution is -0.147. The van der Waals surface area contributed by atoms with Gasteiger partial charge in [0, 0.05) is 22.3 Å². The smallest absolute Gasteiger partial charge is 0.311 e. The highest BCUT2D eigenvalue weighted by atomic mass is 79.9. The van der Waals surface area contributed by atoms with Gasteiger partial charge >= 0.3 is 5.97 Å². The molecular formula is C13H17BrN2O3. The van der Waals surface area contributed by atoms with Gasteiger partial charge < -0.3 is 16.2 Å². The first-order valence-corrected chi connectivity index (χ1v) is 6.65. The fraction of sp³-hybridized carbons (Fsp3) is 0.385. The van der Waals surface area contributed by atoms with E-state index < -0.39 is 11.4 Å². The second-order valence-electron chi connectivity index (χ2n) is 4.68. The van der Waals surface area contributed by atoms with Gasteiger partial charge in [-0.2, -0.15) is 0 Å². The zero-order valence-corrected chi connectivity index (χ0v) is 12.5. The number of carbonyl (C=O) groups is 2. The molecule has 1 aromatic carbocycles. The molecule has 1 aromatic rings. The Morgan fingerprint density at radius 1 is 1.42 bits per heavy atom. The monoisotopic (exact) mass is 328 g/mol. The Bertz CT molecular complexity index is 484. The van der Waals surface area contributed by atoms with Gasteiger partial charge in [-0.3, -0.25) is 9.59 Å². The molecule has 104 valence electrons. The maximum atomic E-state index is 12.0. The second-order valence-corrected chi connectivity index (χ2v) is 5.59. The molecule has 0 bridgehead atoms. The van der Waals surface area contributed by atoms with Crippen molar-refractivity contribution in [3.63, 3.8) is 0 Å². The second kappa shape index (κ2) is 6.06. The summed E-state index contributed by atoms with van der Waals surface area (Å²) in [7, 11) is 0. The standard InChI is InChI=1S/C13H17BrN2O3/c1-3-13(2,12(18)19)7-16-11(17)8-4-9(14)6-10(15)5-8/h4-6H,3,7,15H2,1-2H3,(H,16,17)(H,18,19). The SMILES string of the molecule is CCC(C)(CNC(=O)c1cc(N)cc(Br)c1)C(=O)O. The molecule has 5 nitrogen and oxygen atoms in total. The van der Waals surface area contributed by atoms with E-state index in [0.717, 1.165) is 0 Å². The molecule has 0 aliphatic heterocycles. The Kier molecular flexibility index (Phi) is 4.94. The Morgan fingerprint density at radius 3 is 2.53 bits per heavy atom. The number of rotatable bonds is 5. The lowest BCUT2D eigenvalue weighted by Crippen LogP contribution is -2.40. The molecule has 0 radical (unpaired) electrons. The molecule has 0 saturated carbocycles. The number of anilines is 1. The first kappa shape index (κ1) is 15.5. The van der Waals surface area contributed by atoms with Crippen molar-refractivity contribution in [1.82, 2.24) is 5.32 Å². The minimum Gasteiger partial charge on any atom is -0.481 e. The van der Waals surface area contributed by atoms with E-state index in [2.05, 4.69) is 21.2 Å². The molecule has 0 aliphatic rings. The van der Waals surface area contributed by atoms with Gasteiger partial charge in [0.25, 0.3) is 5.91 Å². The lowest BCUT2D eigenvalue weighted by Gasteiger charge is -2.23. The maximum absolute atomic E-state index is 12.0. The van der Waals surface area contributed by atoms with Gasteiger partial charge in [0.1, 0.15) is 0 Å². The van der Waals surface area contributed by atoms with Crippen molar-refractivity contribution in [2.75, 3.05) is 12.3 Å². The summed E-state index contributed by atoms with van der Waals surface area (Å²) in [5, 5.41) is 11.8. The molecule has 4 N–H and O–H groups in total. The Hall–Kier alpha value is -1.56. The summed E-state index contributed by atoms with van der Waals surface area (Å²) < 4.78 is 0.703. The van der Waals surface area contributed by atoms with Crippen molar-refractivity contribution >= 4 is 33.5 Å². The number of hydrogen-bond acceptors (Lipinski definition) is 3. The van der Waals surface area contributed by atoms with Crippen molar-refractivity contribution in [3.8, 4) is 0 Å². The van der Waals surface area contributed by atoms with E-state index in [0.29, 0.717) is 22.1 Å². The number of nitrogen functional groups attached to an aromatic ring is 1. The van der Waals surface area contributed by atoms with E-state index in [-0.39, 0.29) is 12.5 Å². The number of aliphatic carboxylic acids is 1. The molecule has 0 fully saturated rings. The highest BCUT2D eigenvalue weighted by molar-refractivity contribution is 9.10. The van der Waals surface area contributed by atoms with Crippen LogP contribution in [0.3, 0.4) is 0 Å². The number of nitrogens with two attached hydrogens (primary N) is 1. The van der Waals surface area contributed by atoms with E-state index in [4.69, 9.17) is 10.8 Å². The van der Waals surface area contributed by atoms with E-state index in [1.54, 1.807) is 32.0 Å². The molecule has 0 heterocycles.